The molecule has 0 amide bonds. The molecule has 1 aromatic rings. The first-order valence-corrected chi connectivity index (χ1v) is 6.90. The van der Waals surface area contributed by atoms with Gasteiger partial charge in [-0.15, -0.1) is 0 Å². The Morgan fingerprint density at radius 2 is 2.12 bits per heavy atom. The smallest absolute Gasteiger partial charge is 0.240 e. The van der Waals surface area contributed by atoms with E-state index >= 15 is 0 Å². The van der Waals surface area contributed by atoms with Crippen LogP contribution in [0.1, 0.15) is 12.5 Å². The van der Waals surface area contributed by atoms with Crippen molar-refractivity contribution in [2.24, 2.45) is 5.73 Å². The van der Waals surface area contributed by atoms with E-state index in [0.29, 0.717) is 12.2 Å². The van der Waals surface area contributed by atoms with Gasteiger partial charge in [0.15, 0.2) is 0 Å². The van der Waals surface area contributed by atoms with Crippen molar-refractivity contribution in [3.8, 4) is 5.75 Å². The molecule has 96 valence electrons. The van der Waals surface area contributed by atoms with Gasteiger partial charge < -0.3 is 10.5 Å². The molecular formula is C11H18N2O3S. The second-order valence-electron chi connectivity index (χ2n) is 3.51. The van der Waals surface area contributed by atoms with Crippen LogP contribution in [0.3, 0.4) is 0 Å². The number of ether oxygens (including phenoxy) is 1. The predicted octanol–water partition coefficient (Wildman–Crippen LogP) is 0.495. The summed E-state index contributed by atoms with van der Waals surface area (Å²) < 4.78 is 31.3. The lowest BCUT2D eigenvalue weighted by Crippen LogP contribution is -2.29. The van der Waals surface area contributed by atoms with Crippen molar-refractivity contribution in [2.75, 3.05) is 20.2 Å². The van der Waals surface area contributed by atoms with Gasteiger partial charge in [0.1, 0.15) is 5.75 Å². The second-order valence-corrected chi connectivity index (χ2v) is 5.28. The summed E-state index contributed by atoms with van der Waals surface area (Å²) in [5.74, 6) is 0.699. The summed E-state index contributed by atoms with van der Waals surface area (Å²) in [5, 5.41) is 0. The fraction of sp³-hybridized carbons (Fsp3) is 0.455. The van der Waals surface area contributed by atoms with E-state index in [1.54, 1.807) is 19.2 Å². The van der Waals surface area contributed by atoms with Crippen molar-refractivity contribution >= 4 is 10.0 Å². The number of hydrogen-bond donors (Lipinski definition) is 2. The van der Waals surface area contributed by atoms with E-state index in [9.17, 15) is 8.42 Å². The summed E-state index contributed by atoms with van der Waals surface area (Å²) in [6.07, 6.45) is 0.712. The topological polar surface area (TPSA) is 81.4 Å². The van der Waals surface area contributed by atoms with E-state index in [1.165, 1.54) is 6.07 Å². The van der Waals surface area contributed by atoms with Gasteiger partial charge in [0.25, 0.3) is 0 Å². The highest BCUT2D eigenvalue weighted by Gasteiger charge is 2.14. The molecular weight excluding hydrogens is 240 g/mol. The first-order chi connectivity index (χ1) is 8.05. The average Bonchev–Trinajstić information content (AvgIpc) is 2.35. The zero-order chi connectivity index (χ0) is 12.9. The number of methoxy groups -OCH3 is 1. The molecule has 0 saturated heterocycles. The summed E-state index contributed by atoms with van der Waals surface area (Å²) in [5.41, 5.74) is 6.13. The largest absolute Gasteiger partial charge is 0.496 e. The van der Waals surface area contributed by atoms with Crippen LogP contribution in [0, 0.1) is 0 Å². The van der Waals surface area contributed by atoms with Gasteiger partial charge in [-0.25, -0.2) is 13.1 Å². The van der Waals surface area contributed by atoms with Gasteiger partial charge in [-0.3, -0.25) is 0 Å². The second kappa shape index (κ2) is 6.00. The molecule has 0 aliphatic rings. The molecule has 0 radical (unpaired) electrons. The number of aryl methyl sites for hydroxylation is 1. The third kappa shape index (κ3) is 3.42. The van der Waals surface area contributed by atoms with Crippen LogP contribution in [-0.4, -0.2) is 28.6 Å². The van der Waals surface area contributed by atoms with Crippen molar-refractivity contribution in [1.29, 1.82) is 0 Å². The maximum atomic E-state index is 11.9. The molecule has 1 aromatic carbocycles. The molecule has 0 aliphatic carbocycles. The molecule has 0 saturated carbocycles. The van der Waals surface area contributed by atoms with Gasteiger partial charge in [-0.2, -0.15) is 0 Å². The summed E-state index contributed by atoms with van der Waals surface area (Å²) in [6.45, 7) is 2.45. The van der Waals surface area contributed by atoms with Crippen LogP contribution < -0.4 is 15.2 Å². The minimum atomic E-state index is -3.47. The molecule has 3 N–H and O–H groups in total. The van der Waals surface area contributed by atoms with Gasteiger partial charge in [0, 0.05) is 13.1 Å². The van der Waals surface area contributed by atoms with Gasteiger partial charge >= 0.3 is 0 Å². The van der Waals surface area contributed by atoms with Crippen LogP contribution in [0.15, 0.2) is 23.1 Å². The first-order valence-electron chi connectivity index (χ1n) is 5.41. The number of rotatable bonds is 6. The third-order valence-corrected chi connectivity index (χ3v) is 3.84. The molecule has 0 heterocycles. The average molecular weight is 258 g/mol. The minimum Gasteiger partial charge on any atom is -0.496 e. The number of sulfonamides is 1. The Morgan fingerprint density at radius 3 is 2.65 bits per heavy atom. The molecule has 6 heteroatoms. The Bertz CT molecular complexity index is 472. The lowest BCUT2D eigenvalue weighted by atomic mass is 10.1. The predicted molar refractivity (Wildman–Crippen MR) is 66.6 cm³/mol. The van der Waals surface area contributed by atoms with Gasteiger partial charge in [-0.1, -0.05) is 6.92 Å². The fourth-order valence-corrected chi connectivity index (χ4v) is 2.57. The first kappa shape index (κ1) is 14.0. The molecule has 0 spiro atoms. The van der Waals surface area contributed by atoms with Crippen LogP contribution in [0.2, 0.25) is 0 Å². The van der Waals surface area contributed by atoms with Crippen molar-refractivity contribution < 1.29 is 13.2 Å². The molecule has 5 nitrogen and oxygen atoms in total. The fourth-order valence-electron chi connectivity index (χ4n) is 1.48. The van der Waals surface area contributed by atoms with E-state index in [0.717, 1.165) is 5.56 Å². The van der Waals surface area contributed by atoms with Crippen LogP contribution in [0.5, 0.6) is 5.75 Å². The van der Waals surface area contributed by atoms with E-state index in [2.05, 4.69) is 4.72 Å². The molecule has 0 aliphatic heterocycles. The SMILES string of the molecule is CCc1cc(S(=O)(=O)NCCN)ccc1OC. The van der Waals surface area contributed by atoms with E-state index in [-0.39, 0.29) is 18.0 Å². The Balaban J connectivity index is 3.07. The molecule has 0 bridgehead atoms. The molecule has 17 heavy (non-hydrogen) atoms. The highest BCUT2D eigenvalue weighted by Crippen LogP contribution is 2.22. The molecule has 0 unspecified atom stereocenters. The van der Waals surface area contributed by atoms with Gasteiger partial charge in [0.05, 0.1) is 12.0 Å². The molecule has 0 fully saturated rings. The Kier molecular flexibility index (Phi) is 4.92. The number of nitrogens with one attached hydrogen (secondary N) is 1. The Labute approximate surface area is 102 Å². The van der Waals surface area contributed by atoms with Gasteiger partial charge in [0.2, 0.25) is 10.0 Å². The minimum absolute atomic E-state index is 0.232. The van der Waals surface area contributed by atoms with E-state index in [4.69, 9.17) is 10.5 Å². The van der Waals surface area contributed by atoms with E-state index in [1.807, 2.05) is 6.92 Å². The zero-order valence-corrected chi connectivity index (χ0v) is 10.9. The molecule has 0 atom stereocenters. The van der Waals surface area contributed by atoms with Crippen LogP contribution in [-0.2, 0) is 16.4 Å². The van der Waals surface area contributed by atoms with Crippen molar-refractivity contribution in [3.63, 3.8) is 0 Å². The van der Waals surface area contributed by atoms with Crippen molar-refractivity contribution in [1.82, 2.24) is 4.72 Å². The lowest BCUT2D eigenvalue weighted by Gasteiger charge is -2.10. The van der Waals surface area contributed by atoms with Crippen LogP contribution in [0.25, 0.3) is 0 Å². The zero-order valence-electron chi connectivity index (χ0n) is 10.1. The number of benzene rings is 1. The monoisotopic (exact) mass is 258 g/mol. The molecule has 1 rings (SSSR count). The summed E-state index contributed by atoms with van der Waals surface area (Å²) >= 11 is 0. The number of hydrogen-bond acceptors (Lipinski definition) is 4. The Morgan fingerprint density at radius 1 is 1.41 bits per heavy atom. The van der Waals surface area contributed by atoms with Crippen molar-refractivity contribution in [2.45, 2.75) is 18.2 Å². The maximum absolute atomic E-state index is 11.9. The highest BCUT2D eigenvalue weighted by molar-refractivity contribution is 7.89. The van der Waals surface area contributed by atoms with E-state index < -0.39 is 10.0 Å². The normalized spacial score (nSPS) is 11.5. The maximum Gasteiger partial charge on any atom is 0.240 e. The number of nitrogens with two attached hydrogens (primary N) is 1. The lowest BCUT2D eigenvalue weighted by molar-refractivity contribution is 0.409. The quantitative estimate of drug-likeness (QED) is 0.778. The standard InChI is InChI=1S/C11H18N2O3S/c1-3-9-8-10(4-5-11(9)16-2)17(14,15)13-7-6-12/h4-5,8,13H,3,6-7,12H2,1-2H3. The van der Waals surface area contributed by atoms with Crippen LogP contribution >= 0.6 is 0 Å². The van der Waals surface area contributed by atoms with Gasteiger partial charge in [-0.05, 0) is 30.2 Å². The van der Waals surface area contributed by atoms with Crippen molar-refractivity contribution in [3.05, 3.63) is 23.8 Å². The Hall–Kier alpha value is -1.11. The summed E-state index contributed by atoms with van der Waals surface area (Å²) in [6, 6.07) is 4.81. The third-order valence-electron chi connectivity index (χ3n) is 2.38. The highest BCUT2D eigenvalue weighted by atomic mass is 32.2. The summed E-state index contributed by atoms with van der Waals surface area (Å²) in [7, 11) is -1.90. The van der Waals surface area contributed by atoms with Crippen LogP contribution in [0.4, 0.5) is 0 Å². The molecule has 0 aromatic heterocycles. The summed E-state index contributed by atoms with van der Waals surface area (Å²) in [4.78, 5) is 0.239.